The zero-order chi connectivity index (χ0) is 15.4. The van der Waals surface area contributed by atoms with E-state index in [-0.39, 0.29) is 24.0 Å². The number of aromatic nitrogens is 1. The Morgan fingerprint density at radius 2 is 1.64 bits per heavy atom. The molecule has 0 N–H and O–H groups in total. The highest BCUT2D eigenvalue weighted by molar-refractivity contribution is 5.96. The van der Waals surface area contributed by atoms with Crippen LogP contribution in [0.1, 0.15) is 46.5 Å². The van der Waals surface area contributed by atoms with Crippen molar-refractivity contribution in [2.24, 2.45) is 5.92 Å². The van der Waals surface area contributed by atoms with Gasteiger partial charge < -0.3 is 0 Å². The number of pyridine rings is 1. The molecule has 0 amide bonds. The van der Waals surface area contributed by atoms with Gasteiger partial charge in [0, 0.05) is 23.6 Å². The predicted molar refractivity (Wildman–Crippen MR) is 83.7 cm³/mol. The number of hydrogen-bond donors (Lipinski definition) is 0. The van der Waals surface area contributed by atoms with Crippen LogP contribution in [0.2, 0.25) is 0 Å². The van der Waals surface area contributed by atoms with Gasteiger partial charge in [0.2, 0.25) is 23.8 Å². The maximum Gasteiger partial charge on any atom is 0.249 e. The van der Waals surface area contributed by atoms with Crippen LogP contribution in [0.4, 0.5) is 0 Å². The summed E-state index contributed by atoms with van der Waals surface area (Å²) in [5.74, 6) is 0.330. The number of hydrogen-bond acceptors (Lipinski definition) is 2. The minimum absolute atomic E-state index is 0.0253. The van der Waals surface area contributed by atoms with Crippen LogP contribution >= 0.6 is 0 Å². The van der Waals surface area contributed by atoms with E-state index in [9.17, 15) is 9.59 Å². The van der Waals surface area contributed by atoms with Gasteiger partial charge in [-0.05, 0) is 18.9 Å². The second kappa shape index (κ2) is 6.65. The molecule has 0 aliphatic heterocycles. The molecule has 1 aromatic heterocycles. The van der Waals surface area contributed by atoms with E-state index in [1.807, 2.05) is 54.7 Å². The second-order valence-electron chi connectivity index (χ2n) is 5.85. The van der Waals surface area contributed by atoms with Crippen molar-refractivity contribution in [1.82, 2.24) is 0 Å². The fourth-order valence-electron chi connectivity index (χ4n) is 3.11. The Kier molecular flexibility index (Phi) is 4.42. The maximum atomic E-state index is 12.7. The smallest absolute Gasteiger partial charge is 0.249 e. The molecule has 3 nitrogen and oxygen atoms in total. The van der Waals surface area contributed by atoms with E-state index in [0.717, 1.165) is 25.7 Å². The first kappa shape index (κ1) is 14.6. The zero-order valence-electron chi connectivity index (χ0n) is 12.6. The summed E-state index contributed by atoms with van der Waals surface area (Å²) >= 11 is 0. The lowest BCUT2D eigenvalue weighted by atomic mass is 9.99. The van der Waals surface area contributed by atoms with E-state index in [0.29, 0.717) is 11.3 Å². The van der Waals surface area contributed by atoms with Gasteiger partial charge in [-0.2, -0.15) is 4.57 Å². The molecule has 0 saturated heterocycles. The van der Waals surface area contributed by atoms with Crippen molar-refractivity contribution in [3.8, 4) is 0 Å². The highest BCUT2D eigenvalue weighted by Gasteiger charge is 2.30. The Morgan fingerprint density at radius 1 is 0.955 bits per heavy atom. The van der Waals surface area contributed by atoms with Crippen LogP contribution in [0.25, 0.3) is 0 Å². The van der Waals surface area contributed by atoms with E-state index < -0.39 is 0 Å². The molecule has 0 atom stereocenters. The average Bonchev–Trinajstić information content (AvgIpc) is 3.10. The fraction of sp³-hybridized carbons (Fsp3) is 0.316. The van der Waals surface area contributed by atoms with E-state index in [2.05, 4.69) is 0 Å². The van der Waals surface area contributed by atoms with Crippen molar-refractivity contribution in [1.29, 1.82) is 0 Å². The monoisotopic (exact) mass is 294 g/mol. The Hall–Kier alpha value is -2.29. The third-order valence-electron chi connectivity index (χ3n) is 4.33. The van der Waals surface area contributed by atoms with Crippen LogP contribution < -0.4 is 4.57 Å². The summed E-state index contributed by atoms with van der Waals surface area (Å²) in [4.78, 5) is 25.0. The van der Waals surface area contributed by atoms with E-state index >= 15 is 0 Å². The summed E-state index contributed by atoms with van der Waals surface area (Å²) in [7, 11) is 0. The SMILES string of the molecule is O=C(C[n+]1ccccc1C(=O)C1CCCC1)c1ccccc1. The van der Waals surface area contributed by atoms with Crippen molar-refractivity contribution in [3.63, 3.8) is 0 Å². The predicted octanol–water partition coefficient (Wildman–Crippen LogP) is 3.23. The lowest BCUT2D eigenvalue weighted by molar-refractivity contribution is -0.685. The first-order valence-corrected chi connectivity index (χ1v) is 7.86. The third-order valence-corrected chi connectivity index (χ3v) is 4.33. The minimum Gasteiger partial charge on any atom is -0.287 e. The number of carbonyl (C=O) groups excluding carboxylic acids is 2. The normalized spacial score (nSPS) is 14.9. The Balaban J connectivity index is 1.82. The van der Waals surface area contributed by atoms with E-state index in [1.54, 1.807) is 4.57 Å². The van der Waals surface area contributed by atoms with Crippen LogP contribution in [-0.4, -0.2) is 11.6 Å². The summed E-state index contributed by atoms with van der Waals surface area (Å²) in [6, 6.07) is 14.8. The summed E-state index contributed by atoms with van der Waals surface area (Å²) in [6.07, 6.45) is 6.03. The molecule has 3 heteroatoms. The third kappa shape index (κ3) is 3.14. The molecule has 1 aromatic carbocycles. The fourth-order valence-corrected chi connectivity index (χ4v) is 3.11. The molecule has 1 saturated carbocycles. The van der Waals surface area contributed by atoms with Crippen LogP contribution in [0.5, 0.6) is 0 Å². The van der Waals surface area contributed by atoms with Gasteiger partial charge in [-0.15, -0.1) is 0 Å². The summed E-state index contributed by atoms with van der Waals surface area (Å²) < 4.78 is 1.79. The summed E-state index contributed by atoms with van der Waals surface area (Å²) in [5, 5.41) is 0. The Labute approximate surface area is 130 Å². The quantitative estimate of drug-likeness (QED) is 0.627. The van der Waals surface area contributed by atoms with Gasteiger partial charge in [0.15, 0.2) is 6.20 Å². The standard InChI is InChI=1S/C19H20NO2/c21-18(15-8-2-1-3-9-15)14-20-13-7-6-12-17(20)19(22)16-10-4-5-11-16/h1-3,6-9,12-13,16H,4-5,10-11,14H2/q+1. The number of Topliss-reactive ketones (excluding diaryl/α,β-unsaturated/α-hetero) is 2. The molecule has 1 fully saturated rings. The molecule has 0 bridgehead atoms. The van der Waals surface area contributed by atoms with Crippen LogP contribution in [0.3, 0.4) is 0 Å². The molecule has 1 aliphatic carbocycles. The lowest BCUT2D eigenvalue weighted by Crippen LogP contribution is -2.44. The molecule has 0 spiro atoms. The summed E-state index contributed by atoms with van der Waals surface area (Å²) in [5.41, 5.74) is 1.33. The van der Waals surface area contributed by atoms with Gasteiger partial charge >= 0.3 is 0 Å². The van der Waals surface area contributed by atoms with Crippen LogP contribution in [0.15, 0.2) is 54.7 Å². The van der Waals surface area contributed by atoms with Gasteiger partial charge in [0.1, 0.15) is 0 Å². The van der Waals surface area contributed by atoms with E-state index in [4.69, 9.17) is 0 Å². The van der Waals surface area contributed by atoms with Gasteiger partial charge in [-0.3, -0.25) is 9.59 Å². The van der Waals surface area contributed by atoms with Crippen molar-refractivity contribution >= 4 is 11.6 Å². The highest BCUT2D eigenvalue weighted by Crippen LogP contribution is 2.27. The molecule has 112 valence electrons. The van der Waals surface area contributed by atoms with Gasteiger partial charge in [-0.25, -0.2) is 0 Å². The maximum absolute atomic E-state index is 12.7. The molecule has 1 heterocycles. The van der Waals surface area contributed by atoms with Crippen LogP contribution in [-0.2, 0) is 6.54 Å². The topological polar surface area (TPSA) is 38.0 Å². The number of rotatable bonds is 5. The lowest BCUT2D eigenvalue weighted by Gasteiger charge is -2.07. The molecule has 1 aliphatic rings. The molecule has 3 rings (SSSR count). The van der Waals surface area contributed by atoms with Gasteiger partial charge in [0.25, 0.3) is 0 Å². The van der Waals surface area contributed by atoms with Crippen molar-refractivity contribution in [3.05, 3.63) is 66.0 Å². The Bertz CT molecular complexity index is 673. The van der Waals surface area contributed by atoms with Gasteiger partial charge in [-0.1, -0.05) is 43.2 Å². The van der Waals surface area contributed by atoms with E-state index in [1.165, 1.54) is 0 Å². The summed E-state index contributed by atoms with van der Waals surface area (Å²) in [6.45, 7) is 0.207. The largest absolute Gasteiger partial charge is 0.287 e. The first-order valence-electron chi connectivity index (χ1n) is 7.86. The van der Waals surface area contributed by atoms with Crippen molar-refractivity contribution in [2.45, 2.75) is 32.2 Å². The molecule has 0 unspecified atom stereocenters. The molecule has 22 heavy (non-hydrogen) atoms. The highest BCUT2D eigenvalue weighted by atomic mass is 16.1. The number of nitrogens with zero attached hydrogens (tertiary/aromatic N) is 1. The Morgan fingerprint density at radius 3 is 2.36 bits per heavy atom. The number of ketones is 2. The first-order chi connectivity index (χ1) is 10.8. The van der Waals surface area contributed by atoms with Crippen molar-refractivity contribution < 1.29 is 14.2 Å². The molecular weight excluding hydrogens is 274 g/mol. The van der Waals surface area contributed by atoms with Gasteiger partial charge in [0.05, 0.1) is 0 Å². The molecule has 0 radical (unpaired) electrons. The minimum atomic E-state index is 0.0253. The number of carbonyl (C=O) groups is 2. The van der Waals surface area contributed by atoms with Crippen molar-refractivity contribution in [2.75, 3.05) is 0 Å². The second-order valence-corrected chi connectivity index (χ2v) is 5.85. The average molecular weight is 294 g/mol. The number of benzene rings is 1. The zero-order valence-corrected chi connectivity index (χ0v) is 12.6. The van der Waals surface area contributed by atoms with Crippen LogP contribution in [0, 0.1) is 5.92 Å². The molecular formula is C19H20NO2+. The molecule has 2 aromatic rings.